The highest BCUT2D eigenvalue weighted by Gasteiger charge is 2.11. The third-order valence-electron chi connectivity index (χ3n) is 3.05. The fraction of sp³-hybridized carbons (Fsp3) is 0.923. The molecule has 0 radical (unpaired) electrons. The summed E-state index contributed by atoms with van der Waals surface area (Å²) in [5.74, 6) is -0.0101. The minimum absolute atomic E-state index is 0.112. The lowest BCUT2D eigenvalue weighted by molar-refractivity contribution is -0.122. The number of rotatable bonds is 10. The summed E-state index contributed by atoms with van der Waals surface area (Å²) in [7, 11) is 0. The molecule has 0 rings (SSSR count). The Labute approximate surface area is 94.6 Å². The third kappa shape index (κ3) is 8.46. The van der Waals surface area contributed by atoms with E-state index in [1.807, 2.05) is 6.92 Å². The highest BCUT2D eigenvalue weighted by Crippen LogP contribution is 2.14. The summed E-state index contributed by atoms with van der Waals surface area (Å²) in [6, 6.07) is 0. The summed E-state index contributed by atoms with van der Waals surface area (Å²) in [5.41, 5.74) is 5.29. The average Bonchev–Trinajstić information content (AvgIpc) is 2.21. The Morgan fingerprint density at radius 1 is 1.00 bits per heavy atom. The molecule has 1 unspecified atom stereocenters. The van der Waals surface area contributed by atoms with Crippen LogP contribution in [0.15, 0.2) is 0 Å². The Kier molecular flexibility index (Phi) is 9.65. The zero-order valence-corrected chi connectivity index (χ0v) is 10.4. The van der Waals surface area contributed by atoms with Gasteiger partial charge in [0.15, 0.2) is 0 Å². The molecule has 1 atom stereocenters. The van der Waals surface area contributed by atoms with E-state index in [-0.39, 0.29) is 11.8 Å². The van der Waals surface area contributed by atoms with Gasteiger partial charge in [-0.15, -0.1) is 0 Å². The molecule has 0 spiro atoms. The van der Waals surface area contributed by atoms with Gasteiger partial charge >= 0.3 is 0 Å². The van der Waals surface area contributed by atoms with Gasteiger partial charge in [0.1, 0.15) is 0 Å². The van der Waals surface area contributed by atoms with Gasteiger partial charge in [0.05, 0.1) is 0 Å². The van der Waals surface area contributed by atoms with Crippen molar-refractivity contribution in [2.45, 2.75) is 71.6 Å². The number of hydrogen-bond donors (Lipinski definition) is 1. The van der Waals surface area contributed by atoms with E-state index >= 15 is 0 Å². The van der Waals surface area contributed by atoms with Crippen molar-refractivity contribution in [3.05, 3.63) is 0 Å². The number of nitrogens with two attached hydrogens (primary N) is 1. The Balaban J connectivity index is 3.25. The lowest BCUT2D eigenvalue weighted by Crippen LogP contribution is -2.22. The SMILES string of the molecule is CCCCCCCCCC(CC)C(N)=O. The molecule has 0 aliphatic heterocycles. The Morgan fingerprint density at radius 2 is 1.53 bits per heavy atom. The van der Waals surface area contributed by atoms with Crippen LogP contribution in [0, 0.1) is 5.92 Å². The molecule has 0 fully saturated rings. The molecule has 0 aromatic heterocycles. The molecule has 0 aliphatic rings. The molecule has 90 valence electrons. The monoisotopic (exact) mass is 213 g/mol. The first-order valence-corrected chi connectivity index (χ1v) is 6.51. The van der Waals surface area contributed by atoms with E-state index in [1.54, 1.807) is 0 Å². The minimum Gasteiger partial charge on any atom is -0.369 e. The predicted octanol–water partition coefficient (Wildman–Crippen LogP) is 3.64. The van der Waals surface area contributed by atoms with Crippen LogP contribution in [0.25, 0.3) is 0 Å². The molecule has 0 saturated heterocycles. The Hall–Kier alpha value is -0.530. The van der Waals surface area contributed by atoms with E-state index in [0.29, 0.717) is 0 Å². The van der Waals surface area contributed by atoms with Gasteiger partial charge in [-0.3, -0.25) is 4.79 Å². The molecule has 1 amide bonds. The average molecular weight is 213 g/mol. The summed E-state index contributed by atoms with van der Waals surface area (Å²) in [4.78, 5) is 11.0. The zero-order chi connectivity index (χ0) is 11.5. The van der Waals surface area contributed by atoms with Crippen molar-refractivity contribution in [1.82, 2.24) is 0 Å². The zero-order valence-electron chi connectivity index (χ0n) is 10.4. The molecule has 0 aromatic carbocycles. The quantitative estimate of drug-likeness (QED) is 0.553. The van der Waals surface area contributed by atoms with Crippen molar-refractivity contribution in [3.8, 4) is 0 Å². The van der Waals surface area contributed by atoms with E-state index in [4.69, 9.17) is 5.73 Å². The fourth-order valence-corrected chi connectivity index (χ4v) is 1.90. The third-order valence-corrected chi connectivity index (χ3v) is 3.05. The van der Waals surface area contributed by atoms with Crippen molar-refractivity contribution in [2.75, 3.05) is 0 Å². The first-order chi connectivity index (χ1) is 7.22. The number of carbonyl (C=O) groups is 1. The largest absolute Gasteiger partial charge is 0.369 e. The van der Waals surface area contributed by atoms with Gasteiger partial charge in [0, 0.05) is 5.92 Å². The van der Waals surface area contributed by atoms with Crippen molar-refractivity contribution in [2.24, 2.45) is 11.7 Å². The maximum Gasteiger partial charge on any atom is 0.220 e. The summed E-state index contributed by atoms with van der Waals surface area (Å²) in [5, 5.41) is 0. The van der Waals surface area contributed by atoms with Crippen molar-refractivity contribution in [1.29, 1.82) is 0 Å². The molecule has 0 saturated carbocycles. The number of amides is 1. The second-order valence-electron chi connectivity index (χ2n) is 4.42. The highest BCUT2D eigenvalue weighted by atomic mass is 16.1. The molecule has 0 aromatic rings. The predicted molar refractivity (Wildman–Crippen MR) is 65.6 cm³/mol. The molecular weight excluding hydrogens is 186 g/mol. The van der Waals surface area contributed by atoms with E-state index < -0.39 is 0 Å². The van der Waals surface area contributed by atoms with Crippen LogP contribution in [-0.4, -0.2) is 5.91 Å². The first kappa shape index (κ1) is 14.5. The number of hydrogen-bond acceptors (Lipinski definition) is 1. The van der Waals surface area contributed by atoms with Gasteiger partial charge in [-0.25, -0.2) is 0 Å². The fourth-order valence-electron chi connectivity index (χ4n) is 1.90. The van der Waals surface area contributed by atoms with E-state index in [2.05, 4.69) is 6.92 Å². The van der Waals surface area contributed by atoms with Crippen LogP contribution < -0.4 is 5.73 Å². The molecule has 0 bridgehead atoms. The van der Waals surface area contributed by atoms with Crippen molar-refractivity contribution >= 4 is 5.91 Å². The second kappa shape index (κ2) is 10.0. The molecule has 0 aliphatic carbocycles. The van der Waals surface area contributed by atoms with Crippen LogP contribution in [0.3, 0.4) is 0 Å². The van der Waals surface area contributed by atoms with Crippen LogP contribution in [0.4, 0.5) is 0 Å². The first-order valence-electron chi connectivity index (χ1n) is 6.51. The van der Waals surface area contributed by atoms with E-state index in [1.165, 1.54) is 38.5 Å². The smallest absolute Gasteiger partial charge is 0.220 e. The molecule has 2 heteroatoms. The number of primary amides is 1. The lowest BCUT2D eigenvalue weighted by Gasteiger charge is -2.09. The van der Waals surface area contributed by atoms with Gasteiger partial charge in [0.2, 0.25) is 5.91 Å². The topological polar surface area (TPSA) is 43.1 Å². The Morgan fingerprint density at radius 3 is 2.00 bits per heavy atom. The Bertz CT molecular complexity index is 157. The van der Waals surface area contributed by atoms with Gasteiger partial charge < -0.3 is 5.73 Å². The van der Waals surface area contributed by atoms with Gasteiger partial charge in [-0.2, -0.15) is 0 Å². The molecule has 15 heavy (non-hydrogen) atoms. The standard InChI is InChI=1S/C13H27NO/c1-3-5-6-7-8-9-10-11-12(4-2)13(14)15/h12H,3-11H2,1-2H3,(H2,14,15). The van der Waals surface area contributed by atoms with Gasteiger partial charge in [-0.05, 0) is 12.8 Å². The number of unbranched alkanes of at least 4 members (excludes halogenated alkanes) is 6. The summed E-state index contributed by atoms with van der Waals surface area (Å²) >= 11 is 0. The van der Waals surface area contributed by atoms with Crippen LogP contribution in [0.2, 0.25) is 0 Å². The van der Waals surface area contributed by atoms with E-state index in [9.17, 15) is 4.79 Å². The second-order valence-corrected chi connectivity index (χ2v) is 4.42. The van der Waals surface area contributed by atoms with Crippen LogP contribution in [-0.2, 0) is 4.79 Å². The minimum atomic E-state index is -0.122. The molecular formula is C13H27NO. The lowest BCUT2D eigenvalue weighted by atomic mass is 9.97. The normalized spacial score (nSPS) is 12.7. The van der Waals surface area contributed by atoms with Crippen LogP contribution in [0.5, 0.6) is 0 Å². The highest BCUT2D eigenvalue weighted by molar-refractivity contribution is 5.76. The van der Waals surface area contributed by atoms with Gasteiger partial charge in [0.25, 0.3) is 0 Å². The van der Waals surface area contributed by atoms with Gasteiger partial charge in [-0.1, -0.05) is 58.8 Å². The summed E-state index contributed by atoms with van der Waals surface area (Å²) in [6.45, 7) is 4.27. The molecule has 2 nitrogen and oxygen atoms in total. The van der Waals surface area contributed by atoms with E-state index in [0.717, 1.165) is 19.3 Å². The van der Waals surface area contributed by atoms with Crippen molar-refractivity contribution < 1.29 is 4.79 Å². The summed E-state index contributed by atoms with van der Waals surface area (Å²) in [6.07, 6.45) is 11.0. The number of carbonyl (C=O) groups excluding carboxylic acids is 1. The van der Waals surface area contributed by atoms with Crippen molar-refractivity contribution in [3.63, 3.8) is 0 Å². The summed E-state index contributed by atoms with van der Waals surface area (Å²) < 4.78 is 0. The molecule has 0 heterocycles. The molecule has 2 N–H and O–H groups in total. The van der Waals surface area contributed by atoms with Crippen LogP contribution in [0.1, 0.15) is 71.6 Å². The van der Waals surface area contributed by atoms with Crippen LogP contribution >= 0.6 is 0 Å². The maximum atomic E-state index is 11.0. The maximum absolute atomic E-state index is 11.0.